The number of imide groups is 1. The molecular weight excluding hydrogens is 599 g/mol. The molecule has 2 aromatic carbocycles. The van der Waals surface area contributed by atoms with E-state index in [2.05, 4.69) is 0 Å². The normalized spacial score (nSPS) is 25.5. The van der Waals surface area contributed by atoms with Crippen molar-refractivity contribution >= 4 is 29.1 Å². The lowest BCUT2D eigenvalue weighted by atomic mass is 9.59. The van der Waals surface area contributed by atoms with Gasteiger partial charge in [-0.3, -0.25) is 19.2 Å². The minimum atomic E-state index is -5.22. The highest BCUT2D eigenvalue weighted by Gasteiger charge is 2.57. The average molecular weight is 619 g/mol. The summed E-state index contributed by atoms with van der Waals surface area (Å²) in [4.78, 5) is 54.2. The number of allylic oxidation sites excluding steroid dienone is 6. The van der Waals surface area contributed by atoms with Crippen LogP contribution in [-0.2, 0) is 31.5 Å². The van der Waals surface area contributed by atoms with E-state index in [1.54, 1.807) is 6.08 Å². The van der Waals surface area contributed by atoms with Gasteiger partial charge in [-0.05, 0) is 67.7 Å². The maximum Gasteiger partial charge on any atom is 0.416 e. The van der Waals surface area contributed by atoms with Crippen molar-refractivity contribution in [3.05, 3.63) is 93.4 Å². The molecule has 0 bridgehead atoms. The monoisotopic (exact) mass is 619 g/mol. The van der Waals surface area contributed by atoms with Crippen molar-refractivity contribution < 1.29 is 55.0 Å². The number of phenolic OH excluding ortho intramolecular Hbond substituents is 1. The second-order valence-electron chi connectivity index (χ2n) is 11.2. The Labute approximate surface area is 244 Å². The fourth-order valence-electron chi connectivity index (χ4n) is 6.77. The van der Waals surface area contributed by atoms with Gasteiger partial charge in [0.25, 0.3) is 0 Å². The highest BCUT2D eigenvalue weighted by Crippen LogP contribution is 2.56. The van der Waals surface area contributed by atoms with Crippen LogP contribution in [0.3, 0.4) is 0 Å². The van der Waals surface area contributed by atoms with E-state index in [1.165, 1.54) is 13.0 Å². The minimum Gasteiger partial charge on any atom is -0.505 e. The zero-order chi connectivity index (χ0) is 32.0. The number of fused-ring (bicyclic) bond motifs is 3. The Morgan fingerprint density at radius 1 is 0.864 bits per heavy atom. The fourth-order valence-corrected chi connectivity index (χ4v) is 6.77. The van der Waals surface area contributed by atoms with Crippen LogP contribution in [0.4, 0.5) is 36.4 Å². The van der Waals surface area contributed by atoms with E-state index < -0.39 is 87.8 Å². The van der Waals surface area contributed by atoms with Gasteiger partial charge in [0.2, 0.25) is 11.8 Å². The van der Waals surface area contributed by atoms with Gasteiger partial charge in [-0.15, -0.1) is 0 Å². The molecule has 3 aliphatic carbocycles. The minimum absolute atomic E-state index is 0.0130. The SMILES string of the molecule is CC1=CC(=O)C2=C(C1=O)[C@@H](c1ccc(O)c(F)c1)C1=CC[C@@H]3C(=O)N(c4cc(C(F)(F)F)cc(C(F)(F)F)c4)C(=O)[C@@H]3[C@@H]1C2. The smallest absolute Gasteiger partial charge is 0.416 e. The van der Waals surface area contributed by atoms with Crippen molar-refractivity contribution in [3.8, 4) is 5.75 Å². The standard InChI is InChI=1S/C31H20F7NO5/c1-12-6-23(41)20-11-19-17(24(26(20)27(12)42)13-2-5-22(40)21(32)7-13)3-4-18-25(19)29(44)39(28(18)43)16-9-14(30(33,34)35)8-15(10-16)31(36,37)38/h2-3,5-10,18-19,24-25,40H,4,11H2,1H3/t18-,19+,24-,25-/m0/s1. The lowest BCUT2D eigenvalue weighted by molar-refractivity contribution is -0.143. The van der Waals surface area contributed by atoms with Gasteiger partial charge in [0.05, 0.1) is 28.7 Å². The largest absolute Gasteiger partial charge is 0.505 e. The van der Waals surface area contributed by atoms with E-state index in [4.69, 9.17) is 0 Å². The number of benzene rings is 2. The molecule has 228 valence electrons. The summed E-state index contributed by atoms with van der Waals surface area (Å²) in [5.41, 5.74) is -3.57. The molecule has 6 nitrogen and oxygen atoms in total. The number of amides is 2. The van der Waals surface area contributed by atoms with Crippen molar-refractivity contribution in [1.82, 2.24) is 0 Å². The van der Waals surface area contributed by atoms with Gasteiger partial charge in [0.15, 0.2) is 23.1 Å². The summed E-state index contributed by atoms with van der Waals surface area (Å²) >= 11 is 0. The van der Waals surface area contributed by atoms with Gasteiger partial charge in [-0.2, -0.15) is 26.3 Å². The summed E-state index contributed by atoms with van der Waals surface area (Å²) < 4.78 is 95.9. The van der Waals surface area contributed by atoms with Crippen molar-refractivity contribution in [1.29, 1.82) is 0 Å². The Morgan fingerprint density at radius 3 is 2.09 bits per heavy atom. The molecule has 0 aromatic heterocycles. The zero-order valence-electron chi connectivity index (χ0n) is 22.5. The van der Waals surface area contributed by atoms with Gasteiger partial charge >= 0.3 is 12.4 Å². The van der Waals surface area contributed by atoms with Gasteiger partial charge in [0, 0.05) is 22.6 Å². The molecule has 4 aliphatic rings. The number of carbonyl (C=O) groups is 4. The number of Topliss-reactive ketones (excluding diaryl/α,β-unsaturated/α-hetero) is 1. The predicted molar refractivity (Wildman–Crippen MR) is 138 cm³/mol. The van der Waals surface area contributed by atoms with E-state index in [0.717, 1.165) is 18.2 Å². The molecule has 1 aliphatic heterocycles. The van der Waals surface area contributed by atoms with Gasteiger partial charge in [-0.25, -0.2) is 9.29 Å². The Hall–Kier alpha value is -4.55. The first-order valence-corrected chi connectivity index (χ1v) is 13.3. The Morgan fingerprint density at radius 2 is 1.50 bits per heavy atom. The molecule has 0 radical (unpaired) electrons. The summed E-state index contributed by atoms with van der Waals surface area (Å²) in [5, 5.41) is 9.75. The molecule has 44 heavy (non-hydrogen) atoms. The maximum absolute atomic E-state index is 14.5. The molecule has 2 aromatic rings. The second-order valence-corrected chi connectivity index (χ2v) is 11.2. The number of alkyl halides is 6. The number of phenols is 1. The number of halogens is 7. The third-order valence-electron chi connectivity index (χ3n) is 8.70. The molecule has 4 atom stereocenters. The number of nitrogens with zero attached hydrogens (tertiary/aromatic N) is 1. The molecule has 1 heterocycles. The van der Waals surface area contributed by atoms with Crippen molar-refractivity contribution in [3.63, 3.8) is 0 Å². The third kappa shape index (κ3) is 4.47. The number of hydrogen-bond acceptors (Lipinski definition) is 5. The molecule has 2 amide bonds. The summed E-state index contributed by atoms with van der Waals surface area (Å²) in [6, 6.07) is 3.85. The lowest BCUT2D eigenvalue weighted by Crippen LogP contribution is -2.39. The van der Waals surface area contributed by atoms with Crippen LogP contribution in [0.2, 0.25) is 0 Å². The lowest BCUT2D eigenvalue weighted by Gasteiger charge is -2.42. The molecule has 1 saturated heterocycles. The molecule has 13 heteroatoms. The number of ketones is 2. The first-order valence-electron chi connectivity index (χ1n) is 13.3. The summed E-state index contributed by atoms with van der Waals surface area (Å²) in [7, 11) is 0. The van der Waals surface area contributed by atoms with E-state index in [1.807, 2.05) is 0 Å². The van der Waals surface area contributed by atoms with Crippen LogP contribution in [0, 0.1) is 23.6 Å². The summed E-state index contributed by atoms with van der Waals surface area (Å²) in [6.45, 7) is 1.43. The Kier molecular flexibility index (Phi) is 6.53. The number of carbonyl (C=O) groups excluding carboxylic acids is 4. The van der Waals surface area contributed by atoms with Crippen LogP contribution >= 0.6 is 0 Å². The van der Waals surface area contributed by atoms with Gasteiger partial charge < -0.3 is 5.11 Å². The first-order chi connectivity index (χ1) is 20.5. The van der Waals surface area contributed by atoms with Crippen molar-refractivity contribution in [2.45, 2.75) is 38.0 Å². The second kappa shape index (κ2) is 9.73. The summed E-state index contributed by atoms with van der Waals surface area (Å²) in [5.74, 6) is -9.31. The molecule has 6 rings (SSSR count). The van der Waals surface area contributed by atoms with E-state index in [9.17, 15) is 55.0 Å². The van der Waals surface area contributed by atoms with Crippen LogP contribution in [0.25, 0.3) is 0 Å². The van der Waals surface area contributed by atoms with Crippen LogP contribution in [0.1, 0.15) is 42.4 Å². The van der Waals surface area contributed by atoms with Crippen molar-refractivity contribution in [2.24, 2.45) is 17.8 Å². The third-order valence-corrected chi connectivity index (χ3v) is 8.70. The van der Waals surface area contributed by atoms with Crippen LogP contribution in [0.15, 0.2) is 70.8 Å². The predicted octanol–water partition coefficient (Wildman–Crippen LogP) is 6.20. The topological polar surface area (TPSA) is 91.8 Å². The van der Waals surface area contributed by atoms with Gasteiger partial charge in [-0.1, -0.05) is 17.7 Å². The average Bonchev–Trinajstić information content (AvgIpc) is 3.20. The Bertz CT molecular complexity index is 1750. The van der Waals surface area contributed by atoms with Crippen LogP contribution in [0.5, 0.6) is 5.75 Å². The highest BCUT2D eigenvalue weighted by atomic mass is 19.4. The van der Waals surface area contributed by atoms with Crippen molar-refractivity contribution in [2.75, 3.05) is 4.90 Å². The quantitative estimate of drug-likeness (QED) is 0.187. The van der Waals surface area contributed by atoms with E-state index >= 15 is 0 Å². The first kappa shape index (κ1) is 29.5. The molecule has 0 unspecified atom stereocenters. The molecule has 0 spiro atoms. The zero-order valence-corrected chi connectivity index (χ0v) is 22.5. The van der Waals surface area contributed by atoms with Crippen LogP contribution in [-0.4, -0.2) is 28.5 Å². The highest BCUT2D eigenvalue weighted by molar-refractivity contribution is 6.25. The number of anilines is 1. The molecule has 1 N–H and O–H groups in total. The number of rotatable bonds is 2. The summed E-state index contributed by atoms with van der Waals surface area (Å²) in [6.07, 6.45) is -8.14. The number of hydrogen-bond donors (Lipinski definition) is 1. The molecular formula is C31H20F7NO5. The molecule has 1 fully saturated rings. The van der Waals surface area contributed by atoms with Crippen LogP contribution < -0.4 is 4.90 Å². The van der Waals surface area contributed by atoms with Gasteiger partial charge in [0.1, 0.15) is 0 Å². The Balaban J connectivity index is 1.48. The maximum atomic E-state index is 14.5. The van der Waals surface area contributed by atoms with E-state index in [0.29, 0.717) is 22.6 Å². The fraction of sp³-hybridized carbons (Fsp3) is 0.290. The van der Waals surface area contributed by atoms with E-state index in [-0.39, 0.29) is 41.2 Å². The number of aromatic hydroxyl groups is 1. The molecule has 0 saturated carbocycles.